The van der Waals surface area contributed by atoms with Crippen molar-refractivity contribution in [2.75, 3.05) is 6.54 Å². The molecule has 1 aliphatic heterocycles. The molecule has 1 aromatic carbocycles. The Bertz CT molecular complexity index is 766. The Morgan fingerprint density at radius 1 is 1.33 bits per heavy atom. The largest absolute Gasteiger partial charge is 0.437 e. The van der Waals surface area contributed by atoms with Gasteiger partial charge in [-0.2, -0.15) is 4.68 Å². The van der Waals surface area contributed by atoms with Gasteiger partial charge >= 0.3 is 5.76 Å². The minimum absolute atomic E-state index is 0.0819. The van der Waals surface area contributed by atoms with Crippen LogP contribution in [0.1, 0.15) is 32.6 Å². The molecule has 6 nitrogen and oxygen atoms in total. The van der Waals surface area contributed by atoms with E-state index >= 15 is 0 Å². The zero-order valence-electron chi connectivity index (χ0n) is 13.6. The van der Waals surface area contributed by atoms with Gasteiger partial charge in [0.25, 0.3) is 0 Å². The molecule has 1 aliphatic rings. The van der Waals surface area contributed by atoms with E-state index in [1.165, 1.54) is 24.3 Å². The number of nitrogens with zero attached hydrogens (tertiary/aromatic N) is 3. The average molecular weight is 333 g/mol. The second-order valence-electron chi connectivity index (χ2n) is 5.98. The molecule has 0 radical (unpaired) electrons. The SMILES string of the molecule is CC[C@@H]1CCCCN1C(=O)Cn1nc(-c2ccc(F)cc2)oc1=O. The molecule has 128 valence electrons. The van der Waals surface area contributed by atoms with Gasteiger partial charge < -0.3 is 9.32 Å². The molecule has 1 saturated heterocycles. The van der Waals surface area contributed by atoms with Gasteiger partial charge in [-0.15, -0.1) is 5.10 Å². The molecule has 1 aromatic heterocycles. The lowest BCUT2D eigenvalue weighted by Gasteiger charge is -2.35. The number of amides is 1. The first-order chi connectivity index (χ1) is 11.6. The van der Waals surface area contributed by atoms with E-state index in [0.717, 1.165) is 36.9 Å². The van der Waals surface area contributed by atoms with Crippen molar-refractivity contribution in [1.29, 1.82) is 0 Å². The van der Waals surface area contributed by atoms with E-state index < -0.39 is 5.76 Å². The predicted octanol–water partition coefficient (Wildman–Crippen LogP) is 2.43. The molecule has 0 saturated carbocycles. The van der Waals surface area contributed by atoms with Crippen LogP contribution < -0.4 is 5.76 Å². The van der Waals surface area contributed by atoms with Crippen LogP contribution in [0.3, 0.4) is 0 Å². The number of benzene rings is 1. The summed E-state index contributed by atoms with van der Waals surface area (Å²) >= 11 is 0. The Hall–Kier alpha value is -2.44. The third-order valence-corrected chi connectivity index (χ3v) is 4.40. The van der Waals surface area contributed by atoms with Crippen molar-refractivity contribution in [3.63, 3.8) is 0 Å². The van der Waals surface area contributed by atoms with Crippen molar-refractivity contribution in [2.24, 2.45) is 0 Å². The number of carbonyl (C=O) groups excluding carboxylic acids is 1. The summed E-state index contributed by atoms with van der Waals surface area (Å²) in [6, 6.07) is 5.71. The molecular weight excluding hydrogens is 313 g/mol. The van der Waals surface area contributed by atoms with Crippen LogP contribution >= 0.6 is 0 Å². The monoisotopic (exact) mass is 333 g/mol. The molecule has 7 heteroatoms. The van der Waals surface area contributed by atoms with Crippen LogP contribution in [0.5, 0.6) is 0 Å². The van der Waals surface area contributed by atoms with E-state index in [-0.39, 0.29) is 30.2 Å². The maximum atomic E-state index is 13.0. The lowest BCUT2D eigenvalue weighted by atomic mass is 10.00. The molecule has 0 unspecified atom stereocenters. The number of rotatable bonds is 4. The van der Waals surface area contributed by atoms with Crippen molar-refractivity contribution in [3.8, 4) is 11.5 Å². The number of aromatic nitrogens is 2. The second-order valence-corrected chi connectivity index (χ2v) is 5.98. The molecule has 0 aliphatic carbocycles. The summed E-state index contributed by atoms with van der Waals surface area (Å²) in [7, 11) is 0. The summed E-state index contributed by atoms with van der Waals surface area (Å²) in [5, 5.41) is 4.06. The second kappa shape index (κ2) is 6.98. The molecule has 1 atom stereocenters. The lowest BCUT2D eigenvalue weighted by molar-refractivity contribution is -0.135. The highest BCUT2D eigenvalue weighted by molar-refractivity contribution is 5.76. The third-order valence-electron chi connectivity index (χ3n) is 4.40. The van der Waals surface area contributed by atoms with E-state index in [0.29, 0.717) is 5.56 Å². The number of hydrogen-bond donors (Lipinski definition) is 0. The Morgan fingerprint density at radius 3 is 2.79 bits per heavy atom. The number of halogens is 1. The van der Waals surface area contributed by atoms with Crippen LogP contribution in [0.25, 0.3) is 11.5 Å². The van der Waals surface area contributed by atoms with Crippen LogP contribution in [0.4, 0.5) is 4.39 Å². The minimum atomic E-state index is -0.687. The number of hydrogen-bond acceptors (Lipinski definition) is 4. The first kappa shape index (κ1) is 16.4. The van der Waals surface area contributed by atoms with Crippen molar-refractivity contribution < 1.29 is 13.6 Å². The number of carbonyl (C=O) groups is 1. The van der Waals surface area contributed by atoms with Crippen LogP contribution in [-0.2, 0) is 11.3 Å². The van der Waals surface area contributed by atoms with Gasteiger partial charge in [-0.05, 0) is 49.9 Å². The van der Waals surface area contributed by atoms with E-state index in [1.807, 2.05) is 4.90 Å². The summed E-state index contributed by atoms with van der Waals surface area (Å²) in [4.78, 5) is 26.3. The van der Waals surface area contributed by atoms with Crippen molar-refractivity contribution >= 4 is 5.91 Å². The summed E-state index contributed by atoms with van der Waals surface area (Å²) < 4.78 is 19.1. The fraction of sp³-hybridized carbons (Fsp3) is 0.471. The fourth-order valence-electron chi connectivity index (χ4n) is 3.09. The third kappa shape index (κ3) is 3.39. The van der Waals surface area contributed by atoms with Gasteiger partial charge in [-0.1, -0.05) is 6.92 Å². The van der Waals surface area contributed by atoms with Gasteiger partial charge in [-0.3, -0.25) is 4.79 Å². The van der Waals surface area contributed by atoms with Gasteiger partial charge in [0.2, 0.25) is 11.8 Å². The first-order valence-electron chi connectivity index (χ1n) is 8.22. The van der Waals surface area contributed by atoms with Crippen LogP contribution in [0.15, 0.2) is 33.5 Å². The highest BCUT2D eigenvalue weighted by Gasteiger charge is 2.26. The smallest absolute Gasteiger partial charge is 0.388 e. The van der Waals surface area contributed by atoms with Gasteiger partial charge in [0.15, 0.2) is 0 Å². The van der Waals surface area contributed by atoms with E-state index in [1.54, 1.807) is 0 Å². The molecule has 0 bridgehead atoms. The van der Waals surface area contributed by atoms with E-state index in [9.17, 15) is 14.0 Å². The minimum Gasteiger partial charge on any atom is -0.388 e. The van der Waals surface area contributed by atoms with Crippen LogP contribution in [-0.4, -0.2) is 33.2 Å². The lowest BCUT2D eigenvalue weighted by Crippen LogP contribution is -2.45. The Balaban J connectivity index is 1.77. The Kier molecular flexibility index (Phi) is 4.78. The molecule has 3 rings (SSSR count). The topological polar surface area (TPSA) is 68.3 Å². The van der Waals surface area contributed by atoms with Crippen LogP contribution in [0.2, 0.25) is 0 Å². The highest BCUT2D eigenvalue weighted by atomic mass is 19.1. The first-order valence-corrected chi connectivity index (χ1v) is 8.22. The zero-order valence-corrected chi connectivity index (χ0v) is 13.6. The molecular formula is C17H20FN3O3. The highest BCUT2D eigenvalue weighted by Crippen LogP contribution is 2.20. The molecule has 1 amide bonds. The number of piperidine rings is 1. The summed E-state index contributed by atoms with van der Waals surface area (Å²) in [6.45, 7) is 2.64. The van der Waals surface area contributed by atoms with Gasteiger partial charge in [0.1, 0.15) is 12.4 Å². The fourth-order valence-corrected chi connectivity index (χ4v) is 3.09. The van der Waals surface area contributed by atoms with Crippen molar-refractivity contribution in [3.05, 3.63) is 40.6 Å². The average Bonchev–Trinajstić information content (AvgIpc) is 2.96. The molecule has 24 heavy (non-hydrogen) atoms. The predicted molar refractivity (Wildman–Crippen MR) is 85.8 cm³/mol. The van der Waals surface area contributed by atoms with E-state index in [4.69, 9.17) is 4.42 Å². The molecule has 1 fully saturated rings. The summed E-state index contributed by atoms with van der Waals surface area (Å²) in [5.74, 6) is -1.11. The maximum Gasteiger partial charge on any atom is 0.437 e. The summed E-state index contributed by atoms with van der Waals surface area (Å²) in [6.07, 6.45) is 4.01. The van der Waals surface area contributed by atoms with Crippen LogP contribution in [0, 0.1) is 5.82 Å². The van der Waals surface area contributed by atoms with Gasteiger partial charge in [-0.25, -0.2) is 9.18 Å². The normalized spacial score (nSPS) is 17.9. The van der Waals surface area contributed by atoms with Crippen molar-refractivity contribution in [1.82, 2.24) is 14.7 Å². The zero-order chi connectivity index (χ0) is 17.1. The standard InChI is InChI=1S/C17H20FN3O3/c1-2-14-5-3-4-10-20(14)15(22)11-21-17(23)24-16(19-21)12-6-8-13(18)9-7-12/h6-9,14H,2-5,10-11H2,1H3/t14-/m1/s1. The molecule has 0 spiro atoms. The Morgan fingerprint density at radius 2 is 2.08 bits per heavy atom. The van der Waals surface area contributed by atoms with Crippen molar-refractivity contribution in [2.45, 2.75) is 45.2 Å². The molecule has 0 N–H and O–H groups in total. The van der Waals surface area contributed by atoms with E-state index in [2.05, 4.69) is 12.0 Å². The molecule has 2 aromatic rings. The summed E-state index contributed by atoms with van der Waals surface area (Å²) in [5.41, 5.74) is 0.490. The maximum absolute atomic E-state index is 13.0. The molecule has 2 heterocycles. The van der Waals surface area contributed by atoms with Gasteiger partial charge in [0, 0.05) is 18.2 Å². The Labute approximate surface area is 138 Å². The van der Waals surface area contributed by atoms with Gasteiger partial charge in [0.05, 0.1) is 0 Å². The quantitative estimate of drug-likeness (QED) is 0.862. The number of likely N-dealkylation sites (tertiary alicyclic amines) is 1.